The lowest BCUT2D eigenvalue weighted by Gasteiger charge is -2.46. The molecule has 0 aromatic heterocycles. The van der Waals surface area contributed by atoms with Crippen molar-refractivity contribution in [2.45, 2.75) is 93.4 Å². The minimum Gasteiger partial charge on any atom is -0.0847 e. The second-order valence-corrected chi connectivity index (χ2v) is 7.66. The average Bonchev–Trinajstić information content (AvgIpc) is 3.02. The predicted molar refractivity (Wildman–Crippen MR) is 101 cm³/mol. The lowest BCUT2D eigenvalue weighted by atomic mass is 9.59. The van der Waals surface area contributed by atoms with Gasteiger partial charge in [-0.05, 0) is 67.6 Å². The van der Waals surface area contributed by atoms with Gasteiger partial charge in [-0.25, -0.2) is 0 Å². The van der Waals surface area contributed by atoms with Crippen LogP contribution in [0.25, 0.3) is 0 Å². The molecule has 0 amide bonds. The molecule has 0 aromatic rings. The summed E-state index contributed by atoms with van der Waals surface area (Å²) in [5.74, 6) is 6.01. The number of allylic oxidation sites excluding steroid dienone is 2. The zero-order valence-corrected chi connectivity index (χ0v) is 16.5. The van der Waals surface area contributed by atoms with E-state index in [2.05, 4.69) is 26.8 Å². The fourth-order valence-corrected chi connectivity index (χ4v) is 5.39. The molecule has 3 aliphatic carbocycles. The van der Waals surface area contributed by atoms with Gasteiger partial charge in [0, 0.05) is 0 Å². The summed E-state index contributed by atoms with van der Waals surface area (Å²) < 4.78 is 0. The van der Waals surface area contributed by atoms with Crippen molar-refractivity contribution in [3.05, 3.63) is 11.6 Å². The Balaban J connectivity index is 0.000000561. The van der Waals surface area contributed by atoms with Crippen LogP contribution in [0.2, 0.25) is 0 Å². The highest BCUT2D eigenvalue weighted by Crippen LogP contribution is 2.54. The number of hydrogen-bond donors (Lipinski definition) is 0. The molecule has 0 bridgehead atoms. The van der Waals surface area contributed by atoms with Crippen molar-refractivity contribution < 1.29 is 0 Å². The van der Waals surface area contributed by atoms with Crippen LogP contribution in [-0.4, -0.2) is 0 Å². The van der Waals surface area contributed by atoms with Gasteiger partial charge in [0.1, 0.15) is 0 Å². The minimum absolute atomic E-state index is 0.832. The van der Waals surface area contributed by atoms with E-state index >= 15 is 0 Å². The molecule has 5 unspecified atom stereocenters. The first-order valence-corrected chi connectivity index (χ1v) is 10.4. The van der Waals surface area contributed by atoms with Crippen molar-refractivity contribution in [1.29, 1.82) is 0 Å². The van der Waals surface area contributed by atoms with E-state index in [1.54, 1.807) is 24.8 Å². The van der Waals surface area contributed by atoms with Crippen LogP contribution in [0, 0.1) is 35.5 Å². The molecule has 0 radical (unpaired) electrons. The van der Waals surface area contributed by atoms with Gasteiger partial charge in [-0.2, -0.15) is 0 Å². The Morgan fingerprint density at radius 2 is 1.59 bits per heavy atom. The summed E-state index contributed by atoms with van der Waals surface area (Å²) >= 11 is 0. The van der Waals surface area contributed by atoms with Crippen molar-refractivity contribution in [2.75, 3.05) is 0 Å². The fourth-order valence-electron chi connectivity index (χ4n) is 5.39. The Kier molecular flexibility index (Phi) is 8.80. The highest BCUT2D eigenvalue weighted by atomic mass is 14.5. The SMILES string of the molecule is CC.CC.CC(C)CC1=CCC2C3CCCC3CCC2C1C. The molecule has 3 aliphatic rings. The number of rotatable bonds is 2. The summed E-state index contributed by atoms with van der Waals surface area (Å²) in [4.78, 5) is 0. The average molecular weight is 307 g/mol. The van der Waals surface area contributed by atoms with Gasteiger partial charge in [0.05, 0.1) is 0 Å². The van der Waals surface area contributed by atoms with Crippen LogP contribution in [0.15, 0.2) is 11.6 Å². The molecular weight excluding hydrogens is 264 g/mol. The van der Waals surface area contributed by atoms with E-state index in [0.29, 0.717) is 0 Å². The third kappa shape index (κ3) is 4.39. The van der Waals surface area contributed by atoms with Crippen molar-refractivity contribution in [1.82, 2.24) is 0 Å². The van der Waals surface area contributed by atoms with Crippen LogP contribution in [0.1, 0.15) is 93.4 Å². The maximum atomic E-state index is 2.65. The van der Waals surface area contributed by atoms with Crippen molar-refractivity contribution in [3.63, 3.8) is 0 Å². The van der Waals surface area contributed by atoms with E-state index in [0.717, 1.165) is 35.5 Å². The summed E-state index contributed by atoms with van der Waals surface area (Å²) in [7, 11) is 0. The van der Waals surface area contributed by atoms with E-state index in [1.807, 2.05) is 27.7 Å². The molecule has 0 spiro atoms. The second-order valence-electron chi connectivity index (χ2n) is 7.66. The first kappa shape index (κ1) is 19.8. The topological polar surface area (TPSA) is 0 Å². The number of hydrogen-bond acceptors (Lipinski definition) is 0. The molecular formula is C22H42. The smallest absolute Gasteiger partial charge is 0.0200 e. The number of fused-ring (bicyclic) bond motifs is 3. The van der Waals surface area contributed by atoms with E-state index in [9.17, 15) is 0 Å². The third-order valence-corrected chi connectivity index (χ3v) is 6.21. The van der Waals surface area contributed by atoms with Gasteiger partial charge in [-0.1, -0.05) is 73.0 Å². The summed E-state index contributed by atoms with van der Waals surface area (Å²) in [6.45, 7) is 15.3. The van der Waals surface area contributed by atoms with E-state index in [-0.39, 0.29) is 0 Å². The van der Waals surface area contributed by atoms with Gasteiger partial charge in [-0.15, -0.1) is 0 Å². The zero-order chi connectivity index (χ0) is 16.7. The van der Waals surface area contributed by atoms with Gasteiger partial charge < -0.3 is 0 Å². The quantitative estimate of drug-likeness (QED) is 0.463. The first-order valence-electron chi connectivity index (χ1n) is 10.4. The molecule has 3 rings (SSSR count). The van der Waals surface area contributed by atoms with Gasteiger partial charge >= 0.3 is 0 Å². The highest BCUT2D eigenvalue weighted by molar-refractivity contribution is 5.15. The van der Waals surface area contributed by atoms with Crippen molar-refractivity contribution >= 4 is 0 Å². The molecule has 2 saturated carbocycles. The van der Waals surface area contributed by atoms with Crippen LogP contribution in [0.4, 0.5) is 0 Å². The lowest BCUT2D eigenvalue weighted by molar-refractivity contribution is 0.0763. The Morgan fingerprint density at radius 1 is 0.909 bits per heavy atom. The highest BCUT2D eigenvalue weighted by Gasteiger charge is 2.44. The zero-order valence-electron chi connectivity index (χ0n) is 16.5. The lowest BCUT2D eigenvalue weighted by Crippen LogP contribution is -2.37. The monoisotopic (exact) mass is 306 g/mol. The van der Waals surface area contributed by atoms with Crippen LogP contribution in [0.3, 0.4) is 0 Å². The molecule has 5 atom stereocenters. The molecule has 0 heteroatoms. The Hall–Kier alpha value is -0.260. The Labute approximate surface area is 141 Å². The molecule has 0 nitrogen and oxygen atoms in total. The Morgan fingerprint density at radius 3 is 2.23 bits per heavy atom. The van der Waals surface area contributed by atoms with Crippen molar-refractivity contribution in [2.24, 2.45) is 35.5 Å². The van der Waals surface area contributed by atoms with E-state index in [1.165, 1.54) is 25.7 Å². The molecule has 0 saturated heterocycles. The largest absolute Gasteiger partial charge is 0.0847 e. The van der Waals surface area contributed by atoms with Gasteiger partial charge in [0.25, 0.3) is 0 Å². The minimum atomic E-state index is 0.832. The molecule has 0 aromatic carbocycles. The maximum Gasteiger partial charge on any atom is -0.0200 e. The maximum absolute atomic E-state index is 2.65. The van der Waals surface area contributed by atoms with E-state index in [4.69, 9.17) is 0 Å². The summed E-state index contributed by atoms with van der Waals surface area (Å²) in [6.07, 6.45) is 13.1. The summed E-state index contributed by atoms with van der Waals surface area (Å²) in [5, 5.41) is 0. The van der Waals surface area contributed by atoms with E-state index < -0.39 is 0 Å². The third-order valence-electron chi connectivity index (χ3n) is 6.21. The molecule has 2 fully saturated rings. The molecule has 130 valence electrons. The molecule has 0 heterocycles. The molecule has 0 N–H and O–H groups in total. The predicted octanol–water partition coefficient (Wildman–Crippen LogP) is 7.49. The Bertz CT molecular complexity index is 325. The van der Waals surface area contributed by atoms with Crippen LogP contribution >= 0.6 is 0 Å². The van der Waals surface area contributed by atoms with Crippen LogP contribution in [-0.2, 0) is 0 Å². The fraction of sp³-hybridized carbons (Fsp3) is 0.909. The van der Waals surface area contributed by atoms with Gasteiger partial charge in [0.15, 0.2) is 0 Å². The standard InChI is InChI=1S/C18H30.2C2H6/c1-12(2)11-15-8-10-18-16(13(15)3)9-7-14-5-4-6-17(14)18;2*1-2/h8,12-14,16-18H,4-7,9-11H2,1-3H3;2*1-2H3. The van der Waals surface area contributed by atoms with Crippen molar-refractivity contribution in [3.8, 4) is 0 Å². The summed E-state index contributed by atoms with van der Waals surface area (Å²) in [6, 6.07) is 0. The van der Waals surface area contributed by atoms with Gasteiger partial charge in [0.2, 0.25) is 0 Å². The molecule has 0 aliphatic heterocycles. The summed E-state index contributed by atoms with van der Waals surface area (Å²) in [5.41, 5.74) is 1.79. The first-order chi connectivity index (χ1) is 10.7. The normalized spacial score (nSPS) is 36.2. The second kappa shape index (κ2) is 9.78. The van der Waals surface area contributed by atoms with Gasteiger partial charge in [-0.3, -0.25) is 0 Å². The van der Waals surface area contributed by atoms with Crippen LogP contribution < -0.4 is 0 Å². The molecule has 22 heavy (non-hydrogen) atoms. The van der Waals surface area contributed by atoms with Crippen LogP contribution in [0.5, 0.6) is 0 Å².